The number of nitrogen functional groups attached to an aromatic ring is 1. The van der Waals surface area contributed by atoms with Crippen LogP contribution < -0.4 is 15.2 Å². The van der Waals surface area contributed by atoms with Gasteiger partial charge in [0.1, 0.15) is 10.6 Å². The van der Waals surface area contributed by atoms with E-state index in [4.69, 9.17) is 10.5 Å². The van der Waals surface area contributed by atoms with Gasteiger partial charge in [-0.05, 0) is 28.1 Å². The fourth-order valence-electron chi connectivity index (χ4n) is 1.51. The molecule has 1 rings (SSSR count). The van der Waals surface area contributed by atoms with E-state index in [0.717, 1.165) is 0 Å². The van der Waals surface area contributed by atoms with Gasteiger partial charge in [0, 0.05) is 37.2 Å². The van der Waals surface area contributed by atoms with Crippen LogP contribution >= 0.6 is 15.9 Å². The molecule has 1 aromatic rings. The minimum Gasteiger partial charge on any atom is -0.495 e. The molecule has 0 saturated carbocycles. The maximum atomic E-state index is 12.2. The van der Waals surface area contributed by atoms with Crippen molar-refractivity contribution < 1.29 is 17.9 Å². The SMILES string of the molecule is COc1cc(Br)c(N)cc1S(=O)(=O)NCCC(=O)N(C)C. The molecule has 9 heteroatoms. The quantitative estimate of drug-likeness (QED) is 0.711. The Hall–Kier alpha value is -1.32. The number of nitrogens with zero attached hydrogens (tertiary/aromatic N) is 1. The molecule has 0 aliphatic heterocycles. The average molecular weight is 380 g/mol. The zero-order valence-electron chi connectivity index (χ0n) is 12.0. The maximum absolute atomic E-state index is 12.2. The number of nitrogens with one attached hydrogen (secondary N) is 1. The van der Waals surface area contributed by atoms with Crippen LogP contribution in [0.1, 0.15) is 6.42 Å². The lowest BCUT2D eigenvalue weighted by molar-refractivity contribution is -0.128. The maximum Gasteiger partial charge on any atom is 0.244 e. The molecule has 0 atom stereocenters. The van der Waals surface area contributed by atoms with Crippen LogP contribution in [0.5, 0.6) is 5.75 Å². The van der Waals surface area contributed by atoms with E-state index in [9.17, 15) is 13.2 Å². The third-order valence-corrected chi connectivity index (χ3v) is 4.87. The van der Waals surface area contributed by atoms with E-state index >= 15 is 0 Å². The Morgan fingerprint density at radius 3 is 2.57 bits per heavy atom. The highest BCUT2D eigenvalue weighted by atomic mass is 79.9. The second-order valence-electron chi connectivity index (χ2n) is 4.46. The summed E-state index contributed by atoms with van der Waals surface area (Å²) < 4.78 is 32.4. The molecule has 0 unspecified atom stereocenters. The minimum absolute atomic E-state index is 0.00152. The number of ether oxygens (including phenoxy) is 1. The number of amides is 1. The van der Waals surface area contributed by atoms with E-state index in [1.54, 1.807) is 14.1 Å². The third-order valence-electron chi connectivity index (χ3n) is 2.70. The Bertz CT molecular complexity index is 632. The third kappa shape index (κ3) is 4.58. The first kappa shape index (κ1) is 17.7. The zero-order valence-corrected chi connectivity index (χ0v) is 14.4. The topological polar surface area (TPSA) is 102 Å². The van der Waals surface area contributed by atoms with Crippen molar-refractivity contribution in [3.8, 4) is 5.75 Å². The van der Waals surface area contributed by atoms with Crippen molar-refractivity contribution in [3.63, 3.8) is 0 Å². The Morgan fingerprint density at radius 2 is 2.05 bits per heavy atom. The summed E-state index contributed by atoms with van der Waals surface area (Å²) in [6.45, 7) is -0.00152. The fraction of sp³-hybridized carbons (Fsp3) is 0.417. The lowest BCUT2D eigenvalue weighted by Crippen LogP contribution is -2.30. The Labute approximate surface area is 132 Å². The largest absolute Gasteiger partial charge is 0.495 e. The van der Waals surface area contributed by atoms with E-state index in [-0.39, 0.29) is 35.2 Å². The Kier molecular flexibility index (Phi) is 5.99. The number of halogens is 1. The molecule has 0 spiro atoms. The van der Waals surface area contributed by atoms with Crippen LogP contribution in [0.15, 0.2) is 21.5 Å². The summed E-state index contributed by atoms with van der Waals surface area (Å²) in [6.07, 6.45) is 0.0700. The Morgan fingerprint density at radius 1 is 1.43 bits per heavy atom. The molecular weight excluding hydrogens is 362 g/mol. The van der Waals surface area contributed by atoms with Gasteiger partial charge in [0.2, 0.25) is 15.9 Å². The first-order valence-corrected chi connectivity index (χ1v) is 8.29. The number of benzene rings is 1. The Balaban J connectivity index is 2.93. The van der Waals surface area contributed by atoms with E-state index < -0.39 is 10.0 Å². The molecule has 0 aliphatic rings. The lowest BCUT2D eigenvalue weighted by Gasteiger charge is -2.13. The molecule has 1 amide bonds. The summed E-state index contributed by atoms with van der Waals surface area (Å²) in [5, 5.41) is 0. The number of hydrogen-bond donors (Lipinski definition) is 2. The van der Waals surface area contributed by atoms with Crippen molar-refractivity contribution in [3.05, 3.63) is 16.6 Å². The lowest BCUT2D eigenvalue weighted by atomic mass is 10.3. The smallest absolute Gasteiger partial charge is 0.244 e. The van der Waals surface area contributed by atoms with E-state index in [2.05, 4.69) is 20.7 Å². The van der Waals surface area contributed by atoms with Crippen molar-refractivity contribution in [2.75, 3.05) is 33.5 Å². The first-order chi connectivity index (χ1) is 9.69. The summed E-state index contributed by atoms with van der Waals surface area (Å²) in [5.41, 5.74) is 5.98. The molecule has 0 radical (unpaired) electrons. The summed E-state index contributed by atoms with van der Waals surface area (Å²) >= 11 is 3.21. The van der Waals surface area contributed by atoms with Crippen molar-refractivity contribution in [1.82, 2.24) is 9.62 Å². The number of hydrogen-bond acceptors (Lipinski definition) is 5. The fourth-order valence-corrected chi connectivity index (χ4v) is 3.05. The van der Waals surface area contributed by atoms with Crippen molar-refractivity contribution in [2.24, 2.45) is 0 Å². The molecule has 0 saturated heterocycles. The molecule has 0 aliphatic carbocycles. The molecular formula is C12H18BrN3O4S. The van der Waals surface area contributed by atoms with Crippen molar-refractivity contribution in [1.29, 1.82) is 0 Å². The predicted octanol–water partition coefficient (Wildman–Crippen LogP) is 0.796. The second kappa shape index (κ2) is 7.10. The molecule has 21 heavy (non-hydrogen) atoms. The number of methoxy groups -OCH3 is 1. The van der Waals surface area contributed by atoms with Crippen LogP contribution in [0.4, 0.5) is 5.69 Å². The number of sulfonamides is 1. The zero-order chi connectivity index (χ0) is 16.2. The van der Waals surface area contributed by atoms with Gasteiger partial charge >= 0.3 is 0 Å². The molecule has 7 nitrogen and oxygen atoms in total. The number of nitrogens with two attached hydrogens (primary N) is 1. The number of carbonyl (C=O) groups excluding carboxylic acids is 1. The van der Waals surface area contributed by atoms with Gasteiger partial charge in [0.15, 0.2) is 0 Å². The molecule has 0 fully saturated rings. The van der Waals surface area contributed by atoms with Crippen LogP contribution in [-0.4, -0.2) is 47.0 Å². The number of carbonyl (C=O) groups is 1. The van der Waals surface area contributed by atoms with Gasteiger partial charge < -0.3 is 15.4 Å². The van der Waals surface area contributed by atoms with E-state index in [0.29, 0.717) is 4.47 Å². The highest BCUT2D eigenvalue weighted by molar-refractivity contribution is 9.10. The van der Waals surface area contributed by atoms with E-state index in [1.165, 1.54) is 24.1 Å². The van der Waals surface area contributed by atoms with Crippen LogP contribution in [0.2, 0.25) is 0 Å². The summed E-state index contributed by atoms with van der Waals surface area (Å²) in [5.74, 6) is 0.00231. The van der Waals surface area contributed by atoms with Crippen molar-refractivity contribution in [2.45, 2.75) is 11.3 Å². The van der Waals surface area contributed by atoms with Gasteiger partial charge in [-0.25, -0.2) is 13.1 Å². The van der Waals surface area contributed by atoms with Crippen LogP contribution in [0.25, 0.3) is 0 Å². The normalized spacial score (nSPS) is 11.2. The van der Waals surface area contributed by atoms with Crippen LogP contribution in [0, 0.1) is 0 Å². The second-order valence-corrected chi connectivity index (χ2v) is 7.05. The van der Waals surface area contributed by atoms with Gasteiger partial charge in [-0.2, -0.15) is 0 Å². The van der Waals surface area contributed by atoms with Gasteiger partial charge in [-0.15, -0.1) is 0 Å². The summed E-state index contributed by atoms with van der Waals surface area (Å²) in [4.78, 5) is 12.8. The van der Waals surface area contributed by atoms with Gasteiger partial charge in [0.25, 0.3) is 0 Å². The van der Waals surface area contributed by atoms with Crippen LogP contribution in [0.3, 0.4) is 0 Å². The van der Waals surface area contributed by atoms with Gasteiger partial charge in [-0.3, -0.25) is 4.79 Å². The molecule has 1 aromatic carbocycles. The first-order valence-electron chi connectivity index (χ1n) is 6.02. The van der Waals surface area contributed by atoms with E-state index in [1.807, 2.05) is 0 Å². The molecule has 118 valence electrons. The molecule has 0 bridgehead atoms. The summed E-state index contributed by atoms with van der Waals surface area (Å²) in [7, 11) is 0.770. The highest BCUT2D eigenvalue weighted by Gasteiger charge is 2.21. The molecule has 0 heterocycles. The highest BCUT2D eigenvalue weighted by Crippen LogP contribution is 2.32. The van der Waals surface area contributed by atoms with Crippen molar-refractivity contribution >= 4 is 37.5 Å². The molecule has 0 aromatic heterocycles. The average Bonchev–Trinajstić information content (AvgIpc) is 2.40. The number of anilines is 1. The standard InChI is InChI=1S/C12H18BrN3O4S/c1-16(2)12(17)4-5-15-21(18,19)11-7-9(14)8(13)6-10(11)20-3/h6-7,15H,4-5,14H2,1-3H3. The van der Waals surface area contributed by atoms with Gasteiger partial charge in [-0.1, -0.05) is 0 Å². The molecule has 3 N–H and O–H groups in total. The summed E-state index contributed by atoms with van der Waals surface area (Å²) in [6, 6.07) is 2.79. The van der Waals surface area contributed by atoms with Gasteiger partial charge in [0.05, 0.1) is 7.11 Å². The minimum atomic E-state index is -3.81. The monoisotopic (exact) mass is 379 g/mol. The predicted molar refractivity (Wildman–Crippen MR) is 83.6 cm³/mol. The number of rotatable bonds is 6. The van der Waals surface area contributed by atoms with Crippen LogP contribution in [-0.2, 0) is 14.8 Å².